The number of pyridine rings is 1. The summed E-state index contributed by atoms with van der Waals surface area (Å²) in [6.07, 6.45) is 3.88. The highest BCUT2D eigenvalue weighted by molar-refractivity contribution is 5.33. The summed E-state index contributed by atoms with van der Waals surface area (Å²) in [6, 6.07) is 3.86. The van der Waals surface area contributed by atoms with E-state index in [-0.39, 0.29) is 5.82 Å². The average molecular weight is 209 g/mol. The molecule has 1 saturated carbocycles. The highest BCUT2D eigenvalue weighted by Crippen LogP contribution is 2.24. The number of nitrogens with one attached hydrogen (secondary N) is 1. The third-order valence-electron chi connectivity index (χ3n) is 2.67. The van der Waals surface area contributed by atoms with Gasteiger partial charge in [0.2, 0.25) is 0 Å². The number of rotatable bonds is 5. The quantitative estimate of drug-likeness (QED) is 0.800. The second-order valence-electron chi connectivity index (χ2n) is 4.00. The van der Waals surface area contributed by atoms with Gasteiger partial charge in [0.1, 0.15) is 11.6 Å². The van der Waals surface area contributed by atoms with Gasteiger partial charge in [0.25, 0.3) is 0 Å². The molecule has 0 radical (unpaired) electrons. The second-order valence-corrected chi connectivity index (χ2v) is 4.00. The summed E-state index contributed by atoms with van der Waals surface area (Å²) in [7, 11) is 2.14. The van der Waals surface area contributed by atoms with Crippen LogP contribution in [-0.4, -0.2) is 36.1 Å². The van der Waals surface area contributed by atoms with E-state index in [4.69, 9.17) is 0 Å². The van der Waals surface area contributed by atoms with Crippen LogP contribution in [-0.2, 0) is 0 Å². The largest absolute Gasteiger partial charge is 0.369 e. The Morgan fingerprint density at radius 1 is 1.53 bits per heavy atom. The molecule has 0 bridgehead atoms. The van der Waals surface area contributed by atoms with E-state index < -0.39 is 0 Å². The summed E-state index contributed by atoms with van der Waals surface area (Å²) in [4.78, 5) is 6.27. The summed E-state index contributed by atoms with van der Waals surface area (Å²) >= 11 is 0. The summed E-state index contributed by atoms with van der Waals surface area (Å²) in [5.41, 5.74) is 0. The summed E-state index contributed by atoms with van der Waals surface area (Å²) in [5, 5.41) is 3.17. The predicted octanol–water partition coefficient (Wildman–Crippen LogP) is 1.73. The molecular weight excluding hydrogens is 193 g/mol. The van der Waals surface area contributed by atoms with Crippen molar-refractivity contribution in [3.8, 4) is 0 Å². The van der Waals surface area contributed by atoms with E-state index in [2.05, 4.69) is 22.2 Å². The van der Waals surface area contributed by atoms with Gasteiger partial charge in [-0.15, -0.1) is 0 Å². The zero-order valence-electron chi connectivity index (χ0n) is 8.91. The maximum atomic E-state index is 12.6. The Bertz CT molecular complexity index is 308. The van der Waals surface area contributed by atoms with Crippen LogP contribution in [0.25, 0.3) is 0 Å². The van der Waals surface area contributed by atoms with Crippen LogP contribution in [0.15, 0.2) is 18.3 Å². The minimum atomic E-state index is -0.296. The molecule has 1 fully saturated rings. The van der Waals surface area contributed by atoms with Crippen LogP contribution in [0.3, 0.4) is 0 Å². The molecule has 1 aromatic rings. The van der Waals surface area contributed by atoms with Crippen LogP contribution in [0.5, 0.6) is 0 Å². The molecule has 0 atom stereocenters. The standard InChI is InChI=1S/C11H16FN3/c1-15(10-3-4-10)7-6-13-11-5-2-9(12)8-14-11/h2,5,8,10H,3-4,6-7H2,1H3,(H,13,14). The second kappa shape index (κ2) is 4.57. The van der Waals surface area contributed by atoms with E-state index in [0.29, 0.717) is 0 Å². The Balaban J connectivity index is 1.70. The molecular formula is C11H16FN3. The molecule has 1 aromatic heterocycles. The zero-order valence-corrected chi connectivity index (χ0v) is 8.91. The van der Waals surface area contributed by atoms with Gasteiger partial charge in [0.05, 0.1) is 6.20 Å². The third kappa shape index (κ3) is 3.16. The Morgan fingerprint density at radius 3 is 2.93 bits per heavy atom. The van der Waals surface area contributed by atoms with Gasteiger partial charge in [0.15, 0.2) is 0 Å². The smallest absolute Gasteiger partial charge is 0.141 e. The molecule has 0 aliphatic heterocycles. The summed E-state index contributed by atoms with van der Waals surface area (Å²) < 4.78 is 12.6. The fraction of sp³-hybridized carbons (Fsp3) is 0.545. The first kappa shape index (κ1) is 10.4. The summed E-state index contributed by atoms with van der Waals surface area (Å²) in [5.74, 6) is 0.441. The molecule has 0 unspecified atom stereocenters. The van der Waals surface area contributed by atoms with Crippen molar-refractivity contribution in [1.29, 1.82) is 0 Å². The number of halogens is 1. The number of likely N-dealkylation sites (N-methyl/N-ethyl adjacent to an activating group) is 1. The highest BCUT2D eigenvalue weighted by Gasteiger charge is 2.25. The van der Waals surface area contributed by atoms with Crippen LogP contribution < -0.4 is 5.32 Å². The normalized spacial score (nSPS) is 15.7. The van der Waals surface area contributed by atoms with Crippen molar-refractivity contribution in [1.82, 2.24) is 9.88 Å². The van der Waals surface area contributed by atoms with Gasteiger partial charge in [-0.3, -0.25) is 0 Å². The number of aromatic nitrogens is 1. The Kier molecular flexibility index (Phi) is 3.16. The fourth-order valence-corrected chi connectivity index (χ4v) is 1.54. The lowest BCUT2D eigenvalue weighted by Crippen LogP contribution is -2.27. The fourth-order valence-electron chi connectivity index (χ4n) is 1.54. The molecule has 0 saturated heterocycles. The highest BCUT2D eigenvalue weighted by atomic mass is 19.1. The minimum Gasteiger partial charge on any atom is -0.369 e. The Hall–Kier alpha value is -1.16. The maximum absolute atomic E-state index is 12.6. The van der Waals surface area contributed by atoms with Gasteiger partial charge in [-0.2, -0.15) is 0 Å². The molecule has 2 rings (SSSR count). The topological polar surface area (TPSA) is 28.2 Å². The predicted molar refractivity (Wildman–Crippen MR) is 58.3 cm³/mol. The molecule has 82 valence electrons. The number of hydrogen-bond acceptors (Lipinski definition) is 3. The van der Waals surface area contributed by atoms with Gasteiger partial charge < -0.3 is 10.2 Å². The van der Waals surface area contributed by atoms with Crippen LogP contribution in [0.4, 0.5) is 10.2 Å². The van der Waals surface area contributed by atoms with E-state index in [9.17, 15) is 4.39 Å². The lowest BCUT2D eigenvalue weighted by Gasteiger charge is -2.15. The van der Waals surface area contributed by atoms with Gasteiger partial charge in [-0.05, 0) is 32.0 Å². The lowest BCUT2D eigenvalue weighted by atomic mass is 10.4. The van der Waals surface area contributed by atoms with Crippen molar-refractivity contribution in [2.75, 3.05) is 25.5 Å². The Morgan fingerprint density at radius 2 is 2.33 bits per heavy atom. The van der Waals surface area contributed by atoms with E-state index >= 15 is 0 Å². The molecule has 4 heteroatoms. The molecule has 3 nitrogen and oxygen atoms in total. The first-order valence-corrected chi connectivity index (χ1v) is 5.31. The molecule has 15 heavy (non-hydrogen) atoms. The van der Waals surface area contributed by atoms with E-state index in [1.54, 1.807) is 6.07 Å². The number of hydrogen-bond donors (Lipinski definition) is 1. The third-order valence-corrected chi connectivity index (χ3v) is 2.67. The van der Waals surface area contributed by atoms with Crippen molar-refractivity contribution >= 4 is 5.82 Å². The van der Waals surface area contributed by atoms with Gasteiger partial charge in [-0.25, -0.2) is 9.37 Å². The van der Waals surface area contributed by atoms with Crippen molar-refractivity contribution in [2.45, 2.75) is 18.9 Å². The lowest BCUT2D eigenvalue weighted by molar-refractivity contribution is 0.337. The zero-order chi connectivity index (χ0) is 10.7. The maximum Gasteiger partial charge on any atom is 0.141 e. The first-order valence-electron chi connectivity index (χ1n) is 5.31. The molecule has 1 N–H and O–H groups in total. The Labute approximate surface area is 89.3 Å². The van der Waals surface area contributed by atoms with Crippen molar-refractivity contribution in [3.63, 3.8) is 0 Å². The van der Waals surface area contributed by atoms with Crippen LogP contribution in [0.1, 0.15) is 12.8 Å². The number of nitrogens with zero attached hydrogens (tertiary/aromatic N) is 2. The molecule has 1 aliphatic carbocycles. The summed E-state index contributed by atoms with van der Waals surface area (Å²) in [6.45, 7) is 1.86. The van der Waals surface area contributed by atoms with Crippen molar-refractivity contribution < 1.29 is 4.39 Å². The van der Waals surface area contributed by atoms with Crippen molar-refractivity contribution in [2.24, 2.45) is 0 Å². The van der Waals surface area contributed by atoms with E-state index in [1.165, 1.54) is 25.1 Å². The SMILES string of the molecule is CN(CCNc1ccc(F)cn1)C1CC1. The molecule has 1 heterocycles. The van der Waals surface area contributed by atoms with Crippen LogP contribution in [0, 0.1) is 5.82 Å². The van der Waals surface area contributed by atoms with Gasteiger partial charge in [-0.1, -0.05) is 0 Å². The van der Waals surface area contributed by atoms with Crippen LogP contribution >= 0.6 is 0 Å². The van der Waals surface area contributed by atoms with E-state index in [1.807, 2.05) is 0 Å². The minimum absolute atomic E-state index is 0.296. The average Bonchev–Trinajstić information content (AvgIpc) is 3.04. The first-order chi connectivity index (χ1) is 7.25. The van der Waals surface area contributed by atoms with Gasteiger partial charge >= 0.3 is 0 Å². The van der Waals surface area contributed by atoms with Crippen LogP contribution in [0.2, 0.25) is 0 Å². The van der Waals surface area contributed by atoms with E-state index in [0.717, 1.165) is 24.9 Å². The number of anilines is 1. The monoisotopic (exact) mass is 209 g/mol. The molecule has 0 aromatic carbocycles. The van der Waals surface area contributed by atoms with Gasteiger partial charge in [0, 0.05) is 19.1 Å². The molecule has 0 amide bonds. The van der Waals surface area contributed by atoms with Crippen molar-refractivity contribution in [3.05, 3.63) is 24.1 Å². The molecule has 0 spiro atoms. The molecule has 1 aliphatic rings.